The maximum atomic E-state index is 13.5. The summed E-state index contributed by atoms with van der Waals surface area (Å²) in [5.41, 5.74) is 1.50. The summed E-state index contributed by atoms with van der Waals surface area (Å²) in [5.74, 6) is 1.23. The zero-order valence-corrected chi connectivity index (χ0v) is 35.1. The van der Waals surface area contributed by atoms with Crippen molar-refractivity contribution in [3.05, 3.63) is 151 Å². The van der Waals surface area contributed by atoms with Crippen LogP contribution in [0.2, 0.25) is 0 Å². The van der Waals surface area contributed by atoms with E-state index in [9.17, 15) is 10.2 Å². The van der Waals surface area contributed by atoms with Crippen LogP contribution in [0, 0.1) is 0 Å². The molecular weight excluding hydrogens is 693 g/mol. The predicted octanol–water partition coefficient (Wildman–Crippen LogP) is 11.9. The third-order valence-electron chi connectivity index (χ3n) is 10.1. The van der Waals surface area contributed by atoms with Crippen molar-refractivity contribution in [2.75, 3.05) is 6.23 Å². The van der Waals surface area contributed by atoms with Crippen LogP contribution in [0.3, 0.4) is 0 Å². The molecule has 0 fully saturated rings. The Morgan fingerprint density at radius 1 is 0.528 bits per heavy atom. The number of hydrogen-bond acceptors (Lipinski definition) is 6. The van der Waals surface area contributed by atoms with Gasteiger partial charge in [-0.2, -0.15) is 0 Å². The number of aromatic hydroxyl groups is 1. The van der Waals surface area contributed by atoms with Gasteiger partial charge in [-0.15, -0.1) is 11.3 Å². The number of aliphatic hydroxyl groups is 2. The summed E-state index contributed by atoms with van der Waals surface area (Å²) in [6, 6.07) is 31.3. The topological polar surface area (TPSA) is 69.9 Å². The van der Waals surface area contributed by atoms with Gasteiger partial charge >= 0.3 is 0 Å². The SMILES string of the molecule is [3H]CSOc1c(C(C)(C)C)cc(C(O)(c2ccccc2)c2ccc(C(O)(c3ccccc3)c3cc(C(C)(C)C)c(O[3H])c(C(C)(C)C)c3)s2)cc1C(C)(C)C. The molecule has 5 rings (SSSR count). The molecule has 0 aliphatic carbocycles. The van der Waals surface area contributed by atoms with Gasteiger partial charge in [0.1, 0.15) is 22.7 Å². The second kappa shape index (κ2) is 14.3. The van der Waals surface area contributed by atoms with E-state index in [1.165, 1.54) is 11.3 Å². The minimum Gasteiger partial charge on any atom is -0.507 e. The maximum Gasteiger partial charge on any atom is 0.293 e. The number of rotatable bonds is 9. The summed E-state index contributed by atoms with van der Waals surface area (Å²) in [4.78, 5) is 1.29. The molecule has 2 unspecified atom stereocenters. The monoisotopic (exact) mass is 754 g/mol. The van der Waals surface area contributed by atoms with Crippen LogP contribution in [-0.2, 0) is 32.9 Å². The number of hydrogen-bond donors (Lipinski definition) is 3. The largest absolute Gasteiger partial charge is 0.507 e. The first-order chi connectivity index (χ1) is 25.5. The van der Waals surface area contributed by atoms with Gasteiger partial charge in [-0.05, 0) is 91.4 Å². The molecule has 2 atom stereocenters. The quantitative estimate of drug-likeness (QED) is 0.131. The number of benzene rings is 4. The first-order valence-corrected chi connectivity index (χ1v) is 20.0. The minimum atomic E-state index is -1.62. The van der Waals surface area contributed by atoms with E-state index in [0.717, 1.165) is 40.0 Å². The summed E-state index contributed by atoms with van der Waals surface area (Å²) in [6.07, 6.45) is 0.0541. The molecule has 0 radical (unpaired) electrons. The van der Waals surface area contributed by atoms with Crippen LogP contribution in [0.25, 0.3) is 0 Å². The van der Waals surface area contributed by atoms with Gasteiger partial charge in [0.05, 0.1) is 12.0 Å². The van der Waals surface area contributed by atoms with Crippen molar-refractivity contribution < 1.29 is 20.9 Å². The Balaban J connectivity index is 1.87. The van der Waals surface area contributed by atoms with E-state index in [4.69, 9.17) is 12.1 Å². The Bertz CT molecular complexity index is 2030. The third-order valence-corrected chi connectivity index (χ3v) is 11.7. The van der Waals surface area contributed by atoms with Crippen molar-refractivity contribution in [1.82, 2.24) is 0 Å². The highest BCUT2D eigenvalue weighted by atomic mass is 32.2. The fourth-order valence-corrected chi connectivity index (χ4v) is 8.61. The Morgan fingerprint density at radius 2 is 0.887 bits per heavy atom. The smallest absolute Gasteiger partial charge is 0.293 e. The molecule has 4 aromatic carbocycles. The maximum absolute atomic E-state index is 13.5. The van der Waals surface area contributed by atoms with Crippen molar-refractivity contribution in [2.45, 2.75) is 116 Å². The highest BCUT2D eigenvalue weighted by Crippen LogP contribution is 2.51. The van der Waals surface area contributed by atoms with Crippen LogP contribution in [0.1, 0.15) is 139 Å². The molecule has 282 valence electrons. The Morgan fingerprint density at radius 3 is 1.21 bits per heavy atom. The van der Waals surface area contributed by atoms with E-state index in [1.807, 2.05) is 84.9 Å². The summed E-state index contributed by atoms with van der Waals surface area (Å²) in [7, 11) is 0. The Kier molecular flexibility index (Phi) is 10.2. The molecule has 0 saturated carbocycles. The van der Waals surface area contributed by atoms with Crippen LogP contribution in [-0.4, -0.2) is 23.0 Å². The normalized spacial score (nSPS) is 15.6. The third kappa shape index (κ3) is 7.71. The van der Waals surface area contributed by atoms with Crippen molar-refractivity contribution >= 4 is 23.4 Å². The van der Waals surface area contributed by atoms with E-state index in [0.29, 0.717) is 37.8 Å². The first kappa shape index (κ1) is 37.8. The van der Waals surface area contributed by atoms with Crippen molar-refractivity contribution in [1.29, 1.82) is 1.43 Å². The zero-order chi connectivity index (χ0) is 40.8. The number of thiophene rings is 1. The Hall–Kier alpha value is -3.55. The van der Waals surface area contributed by atoms with Gasteiger partial charge in [-0.1, -0.05) is 144 Å². The summed E-state index contributed by atoms with van der Waals surface area (Å²) in [6.45, 7) is 25.3. The number of phenols is 1. The van der Waals surface area contributed by atoms with E-state index in [1.54, 1.807) is 0 Å². The standard InChI is InChI=1S/C47H58O4S2/c1-42(2,3)34-26-32(27-35(40(34)48)43(4,5)6)46(49,30-20-16-14-17-21-30)38-24-25-39(53-38)47(50,31-22-18-15-19-23-31)33-28-36(44(7,8)9)41(51-52-13)37(29-33)45(10,11)12/h14-29,48-50H,1-13H3/i13T/hT. The first-order valence-electron chi connectivity index (χ1n) is 19.4. The molecule has 5 aromatic rings. The van der Waals surface area contributed by atoms with Gasteiger partial charge < -0.3 is 19.5 Å². The molecule has 0 amide bonds. The fraction of sp³-hybridized carbons (Fsp3) is 0.404. The summed E-state index contributed by atoms with van der Waals surface area (Å²) in [5, 5.41) is 32.3. The van der Waals surface area contributed by atoms with E-state index in [2.05, 4.69) is 95.2 Å². The molecule has 1 aromatic heterocycles. The van der Waals surface area contributed by atoms with Gasteiger partial charge in [0.25, 0.3) is 1.43 Å². The fourth-order valence-electron chi connectivity index (χ4n) is 7.04. The lowest BCUT2D eigenvalue weighted by atomic mass is 9.74. The van der Waals surface area contributed by atoms with Crippen LogP contribution in [0.15, 0.2) is 97.1 Å². The minimum absolute atomic E-state index is 0.0541. The lowest BCUT2D eigenvalue weighted by Crippen LogP contribution is -2.31. The van der Waals surface area contributed by atoms with Gasteiger partial charge in [0.2, 0.25) is 0 Å². The molecular formula is C47H58O4S2. The average molecular weight is 755 g/mol. The molecule has 0 spiro atoms. The highest BCUT2D eigenvalue weighted by molar-refractivity contribution is 7.94. The molecule has 4 nitrogen and oxygen atoms in total. The van der Waals surface area contributed by atoms with E-state index >= 15 is 0 Å². The molecule has 0 bridgehead atoms. The van der Waals surface area contributed by atoms with E-state index < -0.39 is 22.0 Å². The van der Waals surface area contributed by atoms with Gasteiger partial charge in [-0.25, -0.2) is 0 Å². The van der Waals surface area contributed by atoms with Crippen molar-refractivity contribution in [2.24, 2.45) is 0 Å². The molecule has 3 N–H and O–H groups in total. The predicted molar refractivity (Wildman–Crippen MR) is 225 cm³/mol. The summed E-state index contributed by atoms with van der Waals surface area (Å²) >= 11 is 2.48. The average Bonchev–Trinajstić information content (AvgIpc) is 3.63. The lowest BCUT2D eigenvalue weighted by Gasteiger charge is -2.35. The van der Waals surface area contributed by atoms with E-state index in [-0.39, 0.29) is 17.1 Å². The van der Waals surface area contributed by atoms with Crippen LogP contribution < -0.4 is 4.18 Å². The second-order valence-electron chi connectivity index (χ2n) is 18.3. The molecule has 0 aliphatic heterocycles. The lowest BCUT2D eigenvalue weighted by molar-refractivity contribution is 0.128. The highest BCUT2D eigenvalue weighted by Gasteiger charge is 2.43. The van der Waals surface area contributed by atoms with Crippen molar-refractivity contribution in [3.63, 3.8) is 0 Å². The van der Waals surface area contributed by atoms with Crippen LogP contribution >= 0.6 is 23.4 Å². The molecule has 0 saturated heterocycles. The van der Waals surface area contributed by atoms with Crippen LogP contribution in [0.4, 0.5) is 0 Å². The second-order valence-corrected chi connectivity index (χ2v) is 19.8. The molecule has 1 heterocycles. The van der Waals surface area contributed by atoms with Gasteiger partial charge in [-0.3, -0.25) is 0 Å². The van der Waals surface area contributed by atoms with Crippen molar-refractivity contribution in [3.8, 4) is 11.5 Å². The molecule has 0 aliphatic rings. The summed E-state index contributed by atoms with van der Waals surface area (Å²) < 4.78 is 22.2. The Labute approximate surface area is 329 Å². The number of phenolic OH excluding ortho intramolecular Hbond substituents is 1. The van der Waals surface area contributed by atoms with Gasteiger partial charge in [0, 0.05) is 28.5 Å². The molecule has 53 heavy (non-hydrogen) atoms. The van der Waals surface area contributed by atoms with Gasteiger partial charge in [0.15, 0.2) is 0 Å². The zero-order valence-electron chi connectivity index (χ0n) is 35.5. The van der Waals surface area contributed by atoms with Crippen LogP contribution in [0.5, 0.6) is 11.5 Å². The molecule has 6 heteroatoms.